The lowest BCUT2D eigenvalue weighted by atomic mass is 9.97. The van der Waals surface area contributed by atoms with Crippen LogP contribution in [0.5, 0.6) is 0 Å². The van der Waals surface area contributed by atoms with Gasteiger partial charge in [-0.2, -0.15) is 0 Å². The van der Waals surface area contributed by atoms with Crippen molar-refractivity contribution in [1.82, 2.24) is 9.97 Å². The van der Waals surface area contributed by atoms with Crippen LogP contribution in [0.1, 0.15) is 30.0 Å². The van der Waals surface area contributed by atoms with Crippen molar-refractivity contribution in [3.05, 3.63) is 59.9 Å². The van der Waals surface area contributed by atoms with Crippen LogP contribution in [-0.4, -0.2) is 24.6 Å². The maximum atomic E-state index is 11.5. The largest absolute Gasteiger partial charge is 0.399 e. The van der Waals surface area contributed by atoms with E-state index in [-0.39, 0.29) is 5.82 Å². The van der Waals surface area contributed by atoms with Gasteiger partial charge in [-0.05, 0) is 72.9 Å². The van der Waals surface area contributed by atoms with Gasteiger partial charge in [-0.15, -0.1) is 0 Å². The molecule has 7 heteroatoms. The van der Waals surface area contributed by atoms with Gasteiger partial charge in [-0.1, -0.05) is 6.07 Å². The fourth-order valence-electron chi connectivity index (χ4n) is 3.23. The molecule has 1 saturated carbocycles. The SMILES string of the molecule is Cc1ccc(N)cc1-c1cc(-c2ccnc(NS(C)(=O)=O)c2)nc(C2CC2)c1. The van der Waals surface area contributed by atoms with Gasteiger partial charge in [-0.25, -0.2) is 13.4 Å². The average molecular weight is 395 g/mol. The number of hydrogen-bond acceptors (Lipinski definition) is 5. The molecule has 1 fully saturated rings. The Morgan fingerprint density at radius 2 is 1.86 bits per heavy atom. The molecule has 3 aromatic rings. The van der Waals surface area contributed by atoms with Crippen molar-refractivity contribution in [2.45, 2.75) is 25.7 Å². The van der Waals surface area contributed by atoms with Crippen LogP contribution in [-0.2, 0) is 10.0 Å². The molecule has 1 aliphatic carbocycles. The summed E-state index contributed by atoms with van der Waals surface area (Å²) in [7, 11) is -3.40. The first-order valence-electron chi connectivity index (χ1n) is 9.11. The molecule has 0 amide bonds. The predicted molar refractivity (Wildman–Crippen MR) is 112 cm³/mol. The normalized spacial score (nSPS) is 14.1. The van der Waals surface area contributed by atoms with Crippen molar-refractivity contribution >= 4 is 21.5 Å². The highest BCUT2D eigenvalue weighted by Gasteiger charge is 2.26. The van der Waals surface area contributed by atoms with Crippen LogP contribution in [0.2, 0.25) is 0 Å². The number of aryl methyl sites for hydroxylation is 1. The summed E-state index contributed by atoms with van der Waals surface area (Å²) < 4.78 is 25.5. The molecular weight excluding hydrogens is 372 g/mol. The number of rotatable bonds is 5. The van der Waals surface area contributed by atoms with E-state index in [2.05, 4.69) is 22.7 Å². The zero-order chi connectivity index (χ0) is 19.9. The number of nitrogens with two attached hydrogens (primary N) is 1. The number of benzene rings is 1. The van der Waals surface area contributed by atoms with Crippen molar-refractivity contribution in [1.29, 1.82) is 0 Å². The van der Waals surface area contributed by atoms with E-state index in [1.165, 1.54) is 0 Å². The van der Waals surface area contributed by atoms with Crippen LogP contribution in [0.15, 0.2) is 48.7 Å². The molecule has 1 aromatic carbocycles. The van der Waals surface area contributed by atoms with Gasteiger partial charge in [0.15, 0.2) is 0 Å². The van der Waals surface area contributed by atoms with Crippen molar-refractivity contribution in [2.75, 3.05) is 16.7 Å². The maximum absolute atomic E-state index is 11.5. The highest BCUT2D eigenvalue weighted by Crippen LogP contribution is 2.41. The first kappa shape index (κ1) is 18.4. The van der Waals surface area contributed by atoms with E-state index in [4.69, 9.17) is 10.7 Å². The summed E-state index contributed by atoms with van der Waals surface area (Å²) in [5.74, 6) is 0.760. The zero-order valence-corrected chi connectivity index (χ0v) is 16.6. The predicted octanol–water partition coefficient (Wildman–Crippen LogP) is 3.95. The minimum absolute atomic E-state index is 0.278. The molecule has 4 rings (SSSR count). The lowest BCUT2D eigenvalue weighted by Crippen LogP contribution is -2.10. The zero-order valence-electron chi connectivity index (χ0n) is 15.8. The molecule has 0 spiro atoms. The van der Waals surface area contributed by atoms with E-state index in [0.717, 1.165) is 58.4 Å². The van der Waals surface area contributed by atoms with Gasteiger partial charge >= 0.3 is 0 Å². The number of aromatic nitrogens is 2. The molecule has 3 N–H and O–H groups in total. The Balaban J connectivity index is 1.83. The van der Waals surface area contributed by atoms with Crippen LogP contribution < -0.4 is 10.5 Å². The molecule has 0 atom stereocenters. The van der Waals surface area contributed by atoms with E-state index >= 15 is 0 Å². The third-order valence-corrected chi connectivity index (χ3v) is 5.34. The van der Waals surface area contributed by atoms with E-state index in [9.17, 15) is 8.42 Å². The Morgan fingerprint density at radius 3 is 2.57 bits per heavy atom. The number of nitrogens with one attached hydrogen (secondary N) is 1. The van der Waals surface area contributed by atoms with Gasteiger partial charge in [0.05, 0.1) is 11.9 Å². The molecule has 6 nitrogen and oxygen atoms in total. The standard InChI is InChI=1S/C21H22N4O2S/c1-13-3-6-17(22)12-18(13)16-9-19(14-4-5-14)24-20(10-16)15-7-8-23-21(11-15)25-28(2,26)27/h3,6-12,14H,4-5,22H2,1-2H3,(H,23,25). The summed E-state index contributed by atoms with van der Waals surface area (Å²) in [4.78, 5) is 8.94. The van der Waals surface area contributed by atoms with Gasteiger partial charge in [-0.3, -0.25) is 9.71 Å². The number of anilines is 2. The van der Waals surface area contributed by atoms with Gasteiger partial charge in [0.1, 0.15) is 5.82 Å². The van der Waals surface area contributed by atoms with Crippen molar-refractivity contribution in [2.24, 2.45) is 0 Å². The second-order valence-electron chi connectivity index (χ2n) is 7.32. The molecule has 0 saturated heterocycles. The average Bonchev–Trinajstić information content (AvgIpc) is 3.47. The fourth-order valence-corrected chi connectivity index (χ4v) is 3.72. The first-order valence-corrected chi connectivity index (χ1v) is 11.0. The number of nitrogen functional groups attached to an aromatic ring is 1. The topological polar surface area (TPSA) is 98.0 Å². The molecule has 0 bridgehead atoms. The maximum Gasteiger partial charge on any atom is 0.230 e. The van der Waals surface area contributed by atoms with Crippen LogP contribution in [0.25, 0.3) is 22.4 Å². The van der Waals surface area contributed by atoms with E-state index < -0.39 is 10.0 Å². The quantitative estimate of drug-likeness (QED) is 0.639. The Bertz CT molecular complexity index is 1150. The Labute approximate surface area is 164 Å². The molecule has 0 radical (unpaired) electrons. The first-order chi connectivity index (χ1) is 13.3. The van der Waals surface area contributed by atoms with E-state index in [1.807, 2.05) is 30.3 Å². The van der Waals surface area contributed by atoms with Gasteiger partial charge in [0.25, 0.3) is 0 Å². The van der Waals surface area contributed by atoms with Crippen LogP contribution >= 0.6 is 0 Å². The van der Waals surface area contributed by atoms with Gasteiger partial charge in [0, 0.05) is 29.1 Å². The summed E-state index contributed by atoms with van der Waals surface area (Å²) in [5, 5.41) is 0. The summed E-state index contributed by atoms with van der Waals surface area (Å²) in [5.41, 5.74) is 12.7. The molecule has 0 unspecified atom stereocenters. The molecule has 2 heterocycles. The number of pyridine rings is 2. The number of nitrogens with zero attached hydrogens (tertiary/aromatic N) is 2. The minimum atomic E-state index is -3.40. The minimum Gasteiger partial charge on any atom is -0.399 e. The van der Waals surface area contributed by atoms with Crippen LogP contribution in [0.3, 0.4) is 0 Å². The number of hydrogen-bond donors (Lipinski definition) is 2. The Hall–Kier alpha value is -2.93. The molecule has 1 aliphatic rings. The summed E-state index contributed by atoms with van der Waals surface area (Å²) in [6.07, 6.45) is 4.97. The van der Waals surface area contributed by atoms with Gasteiger partial charge < -0.3 is 5.73 Å². The second-order valence-corrected chi connectivity index (χ2v) is 9.07. The molecule has 144 valence electrons. The lowest BCUT2D eigenvalue weighted by molar-refractivity contribution is 0.606. The van der Waals surface area contributed by atoms with E-state index in [1.54, 1.807) is 12.3 Å². The van der Waals surface area contributed by atoms with Crippen molar-refractivity contribution in [3.63, 3.8) is 0 Å². The Morgan fingerprint density at radius 1 is 1.07 bits per heavy atom. The highest BCUT2D eigenvalue weighted by molar-refractivity contribution is 7.92. The molecular formula is C21H22N4O2S. The van der Waals surface area contributed by atoms with Crippen LogP contribution in [0, 0.1) is 6.92 Å². The Kier molecular flexibility index (Phi) is 4.55. The monoisotopic (exact) mass is 394 g/mol. The highest BCUT2D eigenvalue weighted by atomic mass is 32.2. The lowest BCUT2D eigenvalue weighted by Gasteiger charge is -2.12. The smallest absolute Gasteiger partial charge is 0.230 e. The van der Waals surface area contributed by atoms with Crippen molar-refractivity contribution < 1.29 is 8.42 Å². The summed E-state index contributed by atoms with van der Waals surface area (Å²) in [6, 6.07) is 13.6. The van der Waals surface area contributed by atoms with E-state index in [0.29, 0.717) is 5.92 Å². The molecule has 28 heavy (non-hydrogen) atoms. The number of sulfonamides is 1. The van der Waals surface area contributed by atoms with Gasteiger partial charge in [0.2, 0.25) is 10.0 Å². The van der Waals surface area contributed by atoms with Crippen LogP contribution in [0.4, 0.5) is 11.5 Å². The second kappa shape index (κ2) is 6.91. The summed E-state index contributed by atoms with van der Waals surface area (Å²) >= 11 is 0. The molecule has 0 aliphatic heterocycles. The summed E-state index contributed by atoms with van der Waals surface area (Å²) in [6.45, 7) is 2.06. The molecule has 2 aromatic heterocycles. The third kappa shape index (κ3) is 4.14. The fraction of sp³-hybridized carbons (Fsp3) is 0.238. The van der Waals surface area contributed by atoms with Crippen molar-refractivity contribution in [3.8, 4) is 22.4 Å². The third-order valence-electron chi connectivity index (χ3n) is 4.76.